The van der Waals surface area contributed by atoms with E-state index in [2.05, 4.69) is 15.6 Å². The summed E-state index contributed by atoms with van der Waals surface area (Å²) in [6, 6.07) is 6.71. The van der Waals surface area contributed by atoms with Gasteiger partial charge in [-0.1, -0.05) is 6.07 Å². The van der Waals surface area contributed by atoms with Crippen LogP contribution in [0.1, 0.15) is 32.2 Å². The van der Waals surface area contributed by atoms with E-state index in [0.29, 0.717) is 12.6 Å². The number of nitrogens with zero attached hydrogens (tertiary/aromatic N) is 1. The lowest BCUT2D eigenvalue weighted by Gasteiger charge is -2.27. The van der Waals surface area contributed by atoms with Crippen molar-refractivity contribution >= 4 is 23.3 Å². The summed E-state index contributed by atoms with van der Waals surface area (Å²) >= 11 is 5.42. The maximum absolute atomic E-state index is 5.63. The van der Waals surface area contributed by atoms with Crippen LogP contribution in [-0.2, 0) is 0 Å². The molecule has 1 aliphatic rings. The molecule has 0 radical (unpaired) electrons. The van der Waals surface area contributed by atoms with Crippen molar-refractivity contribution < 1.29 is 4.74 Å². The Hall–Kier alpha value is -1.29. The number of ether oxygens (including phenoxy) is 1. The molecule has 1 heterocycles. The lowest BCUT2D eigenvalue weighted by molar-refractivity contribution is 0.318. The molecule has 90 valence electrons. The van der Waals surface area contributed by atoms with Gasteiger partial charge in [0.1, 0.15) is 11.3 Å². The molecule has 17 heavy (non-hydrogen) atoms. The van der Waals surface area contributed by atoms with E-state index in [0.717, 1.165) is 16.0 Å². The Balaban J connectivity index is 2.19. The Labute approximate surface area is 105 Å². The molecule has 0 unspecified atom stereocenters. The van der Waals surface area contributed by atoms with E-state index in [9.17, 15) is 0 Å². The minimum Gasteiger partial charge on any atom is -0.492 e. The van der Waals surface area contributed by atoms with E-state index < -0.39 is 0 Å². The molecule has 0 atom stereocenters. The summed E-state index contributed by atoms with van der Waals surface area (Å²) in [6.45, 7) is 2.67. The number of benzene rings is 1. The van der Waals surface area contributed by atoms with Gasteiger partial charge in [-0.2, -0.15) is 0 Å². The van der Waals surface area contributed by atoms with Crippen LogP contribution in [0.3, 0.4) is 0 Å². The van der Waals surface area contributed by atoms with Gasteiger partial charge in [-0.05, 0) is 50.5 Å². The molecule has 4 heteroatoms. The van der Waals surface area contributed by atoms with E-state index >= 15 is 0 Å². The first-order valence-corrected chi connectivity index (χ1v) is 6.58. The van der Waals surface area contributed by atoms with Crippen LogP contribution in [0.5, 0.6) is 5.75 Å². The average molecular weight is 248 g/mol. The molecule has 3 nitrogen and oxygen atoms in total. The lowest BCUT2D eigenvalue weighted by Crippen LogP contribution is -2.16. The molecule has 1 aromatic carbocycles. The molecule has 0 amide bonds. The Kier molecular flexibility index (Phi) is 2.67. The summed E-state index contributed by atoms with van der Waals surface area (Å²) in [6.07, 6.45) is 3.78. The number of aromatic amines is 1. The highest BCUT2D eigenvalue weighted by Crippen LogP contribution is 2.36. The number of rotatable bonds is 3. The normalized spacial score (nSPS) is 16.1. The number of hydrogen-bond acceptors (Lipinski definition) is 2. The zero-order valence-corrected chi connectivity index (χ0v) is 10.7. The second-order valence-corrected chi connectivity index (χ2v) is 4.85. The van der Waals surface area contributed by atoms with Gasteiger partial charge in [0.2, 0.25) is 0 Å². The fraction of sp³-hybridized carbons (Fsp3) is 0.462. The molecule has 0 aliphatic heterocycles. The van der Waals surface area contributed by atoms with Crippen LogP contribution < -0.4 is 4.74 Å². The summed E-state index contributed by atoms with van der Waals surface area (Å²) < 4.78 is 8.69. The highest BCUT2D eigenvalue weighted by Gasteiger charge is 2.22. The Morgan fingerprint density at radius 1 is 1.47 bits per heavy atom. The van der Waals surface area contributed by atoms with Crippen LogP contribution >= 0.6 is 12.2 Å². The zero-order chi connectivity index (χ0) is 11.8. The summed E-state index contributed by atoms with van der Waals surface area (Å²) in [5.41, 5.74) is 2.21. The zero-order valence-electron chi connectivity index (χ0n) is 9.90. The number of hydrogen-bond donors (Lipinski definition) is 1. The molecular formula is C13H16N2OS. The first-order valence-electron chi connectivity index (χ1n) is 6.17. The fourth-order valence-electron chi connectivity index (χ4n) is 2.41. The molecule has 2 aromatic rings. The third-order valence-corrected chi connectivity index (χ3v) is 3.75. The highest BCUT2D eigenvalue weighted by atomic mass is 32.1. The van der Waals surface area contributed by atoms with Crippen molar-refractivity contribution in [2.45, 2.75) is 32.2 Å². The number of fused-ring (bicyclic) bond motifs is 1. The Morgan fingerprint density at radius 2 is 2.29 bits per heavy atom. The predicted molar refractivity (Wildman–Crippen MR) is 71.2 cm³/mol. The monoisotopic (exact) mass is 248 g/mol. The minimum atomic E-state index is 0.577. The second-order valence-electron chi connectivity index (χ2n) is 4.47. The molecule has 1 fully saturated rings. The smallest absolute Gasteiger partial charge is 0.178 e. The maximum Gasteiger partial charge on any atom is 0.178 e. The molecule has 0 spiro atoms. The first kappa shape index (κ1) is 10.8. The van der Waals surface area contributed by atoms with Crippen molar-refractivity contribution in [2.24, 2.45) is 0 Å². The number of nitrogens with one attached hydrogen (secondary N) is 1. The van der Waals surface area contributed by atoms with E-state index in [4.69, 9.17) is 17.0 Å². The topological polar surface area (TPSA) is 29.9 Å². The van der Waals surface area contributed by atoms with Gasteiger partial charge < -0.3 is 14.3 Å². The molecule has 0 saturated heterocycles. The molecule has 0 bridgehead atoms. The van der Waals surface area contributed by atoms with Gasteiger partial charge in [0.15, 0.2) is 4.77 Å². The van der Waals surface area contributed by atoms with Crippen LogP contribution in [0.25, 0.3) is 11.0 Å². The summed E-state index contributed by atoms with van der Waals surface area (Å²) in [5, 5.41) is 0. The SMILES string of the molecule is CCOc1cccc2c1[nH]c(=S)n2C1CCC1. The fourth-order valence-corrected chi connectivity index (χ4v) is 2.76. The largest absolute Gasteiger partial charge is 0.492 e. The molecular weight excluding hydrogens is 232 g/mol. The van der Waals surface area contributed by atoms with Crippen LogP contribution in [0.2, 0.25) is 0 Å². The van der Waals surface area contributed by atoms with Crippen molar-refractivity contribution in [1.29, 1.82) is 0 Å². The number of para-hydroxylation sites is 1. The van der Waals surface area contributed by atoms with E-state index in [1.54, 1.807) is 0 Å². The van der Waals surface area contributed by atoms with Crippen molar-refractivity contribution in [1.82, 2.24) is 9.55 Å². The first-order chi connectivity index (χ1) is 8.31. The lowest BCUT2D eigenvalue weighted by atomic mass is 9.93. The van der Waals surface area contributed by atoms with Crippen LogP contribution in [-0.4, -0.2) is 16.2 Å². The Bertz CT molecular complexity index is 595. The minimum absolute atomic E-state index is 0.577. The van der Waals surface area contributed by atoms with Gasteiger partial charge >= 0.3 is 0 Å². The van der Waals surface area contributed by atoms with E-state index in [1.165, 1.54) is 24.8 Å². The standard InChI is InChI=1S/C13H16N2OS/c1-2-16-11-8-4-7-10-12(11)14-13(17)15(10)9-5-3-6-9/h4,7-9H,2-3,5-6H2,1H3,(H,14,17). The van der Waals surface area contributed by atoms with Gasteiger partial charge in [0, 0.05) is 6.04 Å². The third-order valence-electron chi connectivity index (χ3n) is 3.45. The quantitative estimate of drug-likeness (QED) is 0.837. The second kappa shape index (κ2) is 4.18. The van der Waals surface area contributed by atoms with Gasteiger partial charge in [-0.25, -0.2) is 0 Å². The predicted octanol–water partition coefficient (Wildman–Crippen LogP) is 3.82. The highest BCUT2D eigenvalue weighted by molar-refractivity contribution is 7.71. The summed E-state index contributed by atoms with van der Waals surface area (Å²) in [5.74, 6) is 0.897. The summed E-state index contributed by atoms with van der Waals surface area (Å²) in [4.78, 5) is 3.28. The van der Waals surface area contributed by atoms with Crippen molar-refractivity contribution in [3.8, 4) is 5.75 Å². The third kappa shape index (κ3) is 1.67. The number of imidazole rings is 1. The number of H-pyrrole nitrogens is 1. The van der Waals surface area contributed by atoms with Gasteiger partial charge in [-0.15, -0.1) is 0 Å². The van der Waals surface area contributed by atoms with Gasteiger partial charge in [0.25, 0.3) is 0 Å². The van der Waals surface area contributed by atoms with E-state index in [-0.39, 0.29) is 0 Å². The van der Waals surface area contributed by atoms with Crippen LogP contribution in [0.15, 0.2) is 18.2 Å². The average Bonchev–Trinajstić information content (AvgIpc) is 2.56. The van der Waals surface area contributed by atoms with E-state index in [1.807, 2.05) is 19.1 Å². The molecule has 1 aliphatic carbocycles. The molecule has 1 saturated carbocycles. The molecule has 1 N–H and O–H groups in total. The van der Waals surface area contributed by atoms with Crippen molar-refractivity contribution in [3.05, 3.63) is 23.0 Å². The molecule has 1 aromatic heterocycles. The van der Waals surface area contributed by atoms with Gasteiger partial charge in [-0.3, -0.25) is 0 Å². The van der Waals surface area contributed by atoms with Crippen molar-refractivity contribution in [2.75, 3.05) is 6.61 Å². The number of aromatic nitrogens is 2. The molecule has 3 rings (SSSR count). The maximum atomic E-state index is 5.63. The van der Waals surface area contributed by atoms with Gasteiger partial charge in [0.05, 0.1) is 12.1 Å². The summed E-state index contributed by atoms with van der Waals surface area (Å²) in [7, 11) is 0. The Morgan fingerprint density at radius 3 is 2.94 bits per heavy atom. The van der Waals surface area contributed by atoms with Crippen LogP contribution in [0.4, 0.5) is 0 Å². The van der Waals surface area contributed by atoms with Crippen LogP contribution in [0, 0.1) is 4.77 Å². The van der Waals surface area contributed by atoms with Crippen molar-refractivity contribution in [3.63, 3.8) is 0 Å².